The predicted octanol–water partition coefficient (Wildman–Crippen LogP) is 3.89. The van der Waals surface area contributed by atoms with Crippen LogP contribution >= 0.6 is 0 Å². The minimum absolute atomic E-state index is 0.140. The van der Waals surface area contributed by atoms with Crippen molar-refractivity contribution in [1.29, 1.82) is 0 Å². The molecule has 0 aliphatic heterocycles. The summed E-state index contributed by atoms with van der Waals surface area (Å²) in [5.41, 5.74) is 7.58. The number of amides is 3. The van der Waals surface area contributed by atoms with Gasteiger partial charge in [-0.25, -0.2) is 4.79 Å². The SMILES string of the molecule is CC(C)(C)OC(=O)N[C@H](COCc1ccccc1)C(=O)N[C@@H](Cc1ccc(OCc2ccccc2)cc1)C(N)=O. The van der Waals surface area contributed by atoms with E-state index in [9.17, 15) is 14.4 Å². The molecule has 40 heavy (non-hydrogen) atoms. The molecule has 0 spiro atoms. The Bertz CT molecular complexity index is 1230. The van der Waals surface area contributed by atoms with Crippen molar-refractivity contribution in [3.63, 3.8) is 0 Å². The van der Waals surface area contributed by atoms with Gasteiger partial charge in [0.2, 0.25) is 11.8 Å². The summed E-state index contributed by atoms with van der Waals surface area (Å²) in [5.74, 6) is -0.658. The van der Waals surface area contributed by atoms with E-state index < -0.39 is 35.6 Å². The highest BCUT2D eigenvalue weighted by Crippen LogP contribution is 2.16. The van der Waals surface area contributed by atoms with Gasteiger partial charge in [-0.2, -0.15) is 0 Å². The number of benzene rings is 3. The largest absolute Gasteiger partial charge is 0.489 e. The van der Waals surface area contributed by atoms with Crippen molar-refractivity contribution < 1.29 is 28.6 Å². The molecular weight excluding hydrogens is 510 g/mol. The minimum Gasteiger partial charge on any atom is -0.489 e. The standard InChI is InChI=1S/C31H37N3O6/c1-31(2,3)40-30(37)34-27(21-38-19-23-10-6-4-7-11-23)29(36)33-26(28(32)35)18-22-14-16-25(17-15-22)39-20-24-12-8-5-9-13-24/h4-17,26-27H,18-21H2,1-3H3,(H2,32,35)(H,33,36)(H,34,37)/t26-,27+/m0/s1. The maximum Gasteiger partial charge on any atom is 0.408 e. The molecule has 2 atom stereocenters. The van der Waals surface area contributed by atoms with Crippen LogP contribution in [0.5, 0.6) is 5.75 Å². The number of hydrogen-bond acceptors (Lipinski definition) is 6. The third-order valence-corrected chi connectivity index (χ3v) is 5.67. The Morgan fingerprint density at radius 1 is 0.750 bits per heavy atom. The van der Waals surface area contributed by atoms with Crippen molar-refractivity contribution in [3.8, 4) is 5.75 Å². The van der Waals surface area contributed by atoms with Crippen LogP contribution < -0.4 is 21.1 Å². The van der Waals surface area contributed by atoms with Crippen molar-refractivity contribution in [1.82, 2.24) is 10.6 Å². The molecule has 0 heterocycles. The molecule has 0 unspecified atom stereocenters. The number of nitrogens with two attached hydrogens (primary N) is 1. The third kappa shape index (κ3) is 10.8. The van der Waals surface area contributed by atoms with Crippen LogP contribution in [-0.2, 0) is 38.7 Å². The summed E-state index contributed by atoms with van der Waals surface area (Å²) in [7, 11) is 0. The molecule has 0 aliphatic carbocycles. The van der Waals surface area contributed by atoms with Gasteiger partial charge in [0.15, 0.2) is 0 Å². The van der Waals surface area contributed by atoms with Gasteiger partial charge in [0.05, 0.1) is 13.2 Å². The molecule has 3 aromatic carbocycles. The van der Waals surface area contributed by atoms with Crippen LogP contribution in [-0.4, -0.2) is 42.2 Å². The van der Waals surface area contributed by atoms with Gasteiger partial charge in [-0.15, -0.1) is 0 Å². The van der Waals surface area contributed by atoms with E-state index in [1.54, 1.807) is 32.9 Å². The number of carbonyl (C=O) groups excluding carboxylic acids is 3. The zero-order chi connectivity index (χ0) is 29.0. The maximum absolute atomic E-state index is 13.2. The van der Waals surface area contributed by atoms with Gasteiger partial charge in [-0.1, -0.05) is 72.8 Å². The highest BCUT2D eigenvalue weighted by Gasteiger charge is 2.28. The van der Waals surface area contributed by atoms with Crippen LogP contribution in [0, 0.1) is 0 Å². The van der Waals surface area contributed by atoms with E-state index in [0.29, 0.717) is 12.4 Å². The van der Waals surface area contributed by atoms with E-state index in [1.165, 1.54) is 0 Å². The third-order valence-electron chi connectivity index (χ3n) is 5.67. The van der Waals surface area contributed by atoms with E-state index in [2.05, 4.69) is 10.6 Å². The smallest absolute Gasteiger partial charge is 0.408 e. The lowest BCUT2D eigenvalue weighted by Crippen LogP contribution is -2.55. The fraction of sp³-hybridized carbons (Fsp3) is 0.323. The van der Waals surface area contributed by atoms with E-state index in [-0.39, 0.29) is 19.6 Å². The number of ether oxygens (including phenoxy) is 3. The summed E-state index contributed by atoms with van der Waals surface area (Å²) in [6.07, 6.45) is -0.623. The van der Waals surface area contributed by atoms with Crippen LogP contribution in [0.3, 0.4) is 0 Å². The second kappa shape index (κ2) is 14.7. The van der Waals surface area contributed by atoms with Crippen molar-refractivity contribution in [3.05, 3.63) is 102 Å². The Labute approximate surface area is 235 Å². The molecule has 9 nitrogen and oxygen atoms in total. The Hall–Kier alpha value is -4.37. The number of carbonyl (C=O) groups is 3. The van der Waals surface area contributed by atoms with Crippen LogP contribution in [0.15, 0.2) is 84.9 Å². The van der Waals surface area contributed by atoms with Gasteiger partial charge in [0.25, 0.3) is 0 Å². The highest BCUT2D eigenvalue weighted by molar-refractivity contribution is 5.91. The summed E-state index contributed by atoms with van der Waals surface area (Å²) in [6, 6.07) is 24.3. The molecule has 0 saturated carbocycles. The van der Waals surface area contributed by atoms with Gasteiger partial charge >= 0.3 is 6.09 Å². The lowest BCUT2D eigenvalue weighted by Gasteiger charge is -2.24. The normalized spacial score (nSPS) is 12.6. The molecule has 0 aromatic heterocycles. The topological polar surface area (TPSA) is 129 Å². The lowest BCUT2D eigenvalue weighted by atomic mass is 10.0. The number of rotatable bonds is 13. The summed E-state index contributed by atoms with van der Waals surface area (Å²) in [6.45, 7) is 5.67. The molecule has 3 rings (SSSR count). The number of primary amides is 1. The van der Waals surface area contributed by atoms with Gasteiger partial charge in [0.1, 0.15) is 30.0 Å². The molecule has 4 N–H and O–H groups in total. The monoisotopic (exact) mass is 547 g/mol. The Balaban J connectivity index is 1.61. The van der Waals surface area contributed by atoms with Gasteiger partial charge in [-0.05, 0) is 49.6 Å². The van der Waals surface area contributed by atoms with E-state index in [1.807, 2.05) is 72.8 Å². The first-order valence-electron chi connectivity index (χ1n) is 13.1. The lowest BCUT2D eigenvalue weighted by molar-refractivity contribution is -0.129. The number of alkyl carbamates (subject to hydrolysis) is 1. The second-order valence-electron chi connectivity index (χ2n) is 10.3. The first kappa shape index (κ1) is 30.2. The molecule has 0 bridgehead atoms. The summed E-state index contributed by atoms with van der Waals surface area (Å²) in [5, 5.41) is 5.18. The second-order valence-corrected chi connectivity index (χ2v) is 10.3. The van der Waals surface area contributed by atoms with Crippen LogP contribution in [0.4, 0.5) is 4.79 Å². The first-order valence-corrected chi connectivity index (χ1v) is 13.1. The van der Waals surface area contributed by atoms with Gasteiger partial charge < -0.3 is 30.6 Å². The fourth-order valence-corrected chi connectivity index (χ4v) is 3.70. The van der Waals surface area contributed by atoms with E-state index in [0.717, 1.165) is 16.7 Å². The highest BCUT2D eigenvalue weighted by atomic mass is 16.6. The Morgan fingerprint density at radius 3 is 1.88 bits per heavy atom. The van der Waals surface area contributed by atoms with Crippen LogP contribution in [0.1, 0.15) is 37.5 Å². The summed E-state index contributed by atoms with van der Waals surface area (Å²) < 4.78 is 16.8. The molecule has 0 saturated heterocycles. The summed E-state index contributed by atoms with van der Waals surface area (Å²) in [4.78, 5) is 37.8. The molecule has 9 heteroatoms. The minimum atomic E-state index is -1.12. The van der Waals surface area contributed by atoms with Crippen LogP contribution in [0.25, 0.3) is 0 Å². The van der Waals surface area contributed by atoms with Crippen molar-refractivity contribution in [2.24, 2.45) is 5.73 Å². The van der Waals surface area contributed by atoms with E-state index >= 15 is 0 Å². The van der Waals surface area contributed by atoms with Crippen molar-refractivity contribution in [2.75, 3.05) is 6.61 Å². The predicted molar refractivity (Wildman–Crippen MR) is 151 cm³/mol. The van der Waals surface area contributed by atoms with Crippen molar-refractivity contribution in [2.45, 2.75) is 58.1 Å². The Kier molecular flexibility index (Phi) is 11.1. The number of nitrogens with one attached hydrogen (secondary N) is 2. The average molecular weight is 548 g/mol. The van der Waals surface area contributed by atoms with Crippen LogP contribution in [0.2, 0.25) is 0 Å². The van der Waals surface area contributed by atoms with Gasteiger partial charge in [-0.3, -0.25) is 9.59 Å². The molecule has 0 fully saturated rings. The summed E-state index contributed by atoms with van der Waals surface area (Å²) >= 11 is 0. The Morgan fingerprint density at radius 2 is 1.32 bits per heavy atom. The fourth-order valence-electron chi connectivity index (χ4n) is 3.70. The van der Waals surface area contributed by atoms with Gasteiger partial charge in [0, 0.05) is 6.42 Å². The molecular formula is C31H37N3O6. The number of hydrogen-bond donors (Lipinski definition) is 3. The zero-order valence-corrected chi connectivity index (χ0v) is 23.1. The molecule has 3 aromatic rings. The molecule has 0 radical (unpaired) electrons. The quantitative estimate of drug-likeness (QED) is 0.298. The average Bonchev–Trinajstić information content (AvgIpc) is 2.91. The zero-order valence-electron chi connectivity index (χ0n) is 23.1. The van der Waals surface area contributed by atoms with Crippen molar-refractivity contribution >= 4 is 17.9 Å². The maximum atomic E-state index is 13.2. The first-order chi connectivity index (χ1) is 19.1. The molecule has 3 amide bonds. The molecule has 0 aliphatic rings. The van der Waals surface area contributed by atoms with E-state index in [4.69, 9.17) is 19.9 Å². The molecule has 212 valence electrons.